The van der Waals surface area contributed by atoms with Gasteiger partial charge in [0.25, 0.3) is 11.7 Å². The van der Waals surface area contributed by atoms with Gasteiger partial charge in [0.15, 0.2) is 0 Å². The number of Topliss-reactive ketones (excluding diaryl/α,β-unsaturated/α-hetero) is 1. The van der Waals surface area contributed by atoms with Crippen LogP contribution in [0.25, 0.3) is 5.76 Å². The average molecular weight is 481 g/mol. The lowest BCUT2D eigenvalue weighted by molar-refractivity contribution is -0.140. The maximum atomic E-state index is 13.1. The van der Waals surface area contributed by atoms with Gasteiger partial charge in [0.1, 0.15) is 29.9 Å². The molecule has 1 N–H and O–H groups in total. The third kappa shape index (κ3) is 4.63. The number of aromatic nitrogens is 1. The quantitative estimate of drug-likeness (QED) is 0.222. The molecule has 1 saturated heterocycles. The van der Waals surface area contributed by atoms with Crippen LogP contribution in [-0.4, -0.2) is 26.7 Å². The van der Waals surface area contributed by atoms with Crippen LogP contribution in [0.15, 0.2) is 101 Å². The van der Waals surface area contributed by atoms with Gasteiger partial charge in [0.05, 0.1) is 11.8 Å². The molecule has 4 aromatic rings. The second-order valence-corrected chi connectivity index (χ2v) is 8.60. The van der Waals surface area contributed by atoms with Crippen LogP contribution in [0, 0.1) is 6.92 Å². The first-order valence-electron chi connectivity index (χ1n) is 11.5. The number of hydrogen-bond acceptors (Lipinski definition) is 6. The number of pyridine rings is 1. The first kappa shape index (κ1) is 23.1. The van der Waals surface area contributed by atoms with Crippen LogP contribution in [0.3, 0.4) is 0 Å². The molecule has 3 heterocycles. The summed E-state index contributed by atoms with van der Waals surface area (Å²) in [5.41, 5.74) is 3.39. The molecule has 0 bridgehead atoms. The Balaban J connectivity index is 1.43. The molecule has 180 valence electrons. The maximum Gasteiger partial charge on any atom is 0.296 e. The van der Waals surface area contributed by atoms with E-state index in [1.807, 2.05) is 25.1 Å². The van der Waals surface area contributed by atoms with Gasteiger partial charge in [0.2, 0.25) is 0 Å². The summed E-state index contributed by atoms with van der Waals surface area (Å²) in [6, 6.07) is 20.9. The van der Waals surface area contributed by atoms with Crippen molar-refractivity contribution in [2.75, 3.05) is 0 Å². The number of carbonyl (C=O) groups excluding carboxylic acids is 2. The Morgan fingerprint density at radius 2 is 1.78 bits per heavy atom. The van der Waals surface area contributed by atoms with E-state index in [0.717, 1.165) is 16.7 Å². The summed E-state index contributed by atoms with van der Waals surface area (Å²) < 4.78 is 11.4. The number of furan rings is 1. The van der Waals surface area contributed by atoms with Gasteiger partial charge in [-0.05, 0) is 66.6 Å². The molecule has 2 aromatic carbocycles. The monoisotopic (exact) mass is 480 g/mol. The number of aliphatic hydroxyl groups is 1. The summed E-state index contributed by atoms with van der Waals surface area (Å²) >= 11 is 0. The summed E-state index contributed by atoms with van der Waals surface area (Å²) in [5, 5.41) is 11.2. The lowest BCUT2D eigenvalue weighted by Crippen LogP contribution is -2.29. The van der Waals surface area contributed by atoms with Crippen LogP contribution in [0.4, 0.5) is 0 Å². The van der Waals surface area contributed by atoms with Crippen molar-refractivity contribution in [3.05, 3.63) is 125 Å². The molecule has 36 heavy (non-hydrogen) atoms. The fraction of sp³-hybridized carbons (Fsp3) is 0.138. The summed E-state index contributed by atoms with van der Waals surface area (Å²) in [5.74, 6) is -0.718. The molecule has 1 amide bonds. The Kier molecular flexibility index (Phi) is 6.36. The molecule has 2 aromatic heterocycles. The number of ketones is 1. The van der Waals surface area contributed by atoms with E-state index >= 15 is 0 Å². The fourth-order valence-corrected chi connectivity index (χ4v) is 4.30. The molecule has 7 nitrogen and oxygen atoms in total. The van der Waals surface area contributed by atoms with E-state index in [2.05, 4.69) is 11.1 Å². The van der Waals surface area contributed by atoms with Gasteiger partial charge in [-0.3, -0.25) is 14.6 Å². The summed E-state index contributed by atoms with van der Waals surface area (Å²) in [6.07, 6.45) is 4.72. The number of carbonyl (C=O) groups is 2. The number of ether oxygens (including phenoxy) is 1. The molecular formula is C29H24N2O5. The van der Waals surface area contributed by atoms with Crippen LogP contribution in [0.2, 0.25) is 0 Å². The van der Waals surface area contributed by atoms with Crippen molar-refractivity contribution in [2.45, 2.75) is 26.1 Å². The number of hydrogen-bond donors (Lipinski definition) is 1. The number of amides is 1. The van der Waals surface area contributed by atoms with Crippen LogP contribution in [-0.2, 0) is 22.7 Å². The highest BCUT2D eigenvalue weighted by molar-refractivity contribution is 6.46. The van der Waals surface area contributed by atoms with E-state index in [9.17, 15) is 14.7 Å². The van der Waals surface area contributed by atoms with E-state index in [0.29, 0.717) is 23.7 Å². The van der Waals surface area contributed by atoms with Crippen molar-refractivity contribution in [3.8, 4) is 5.75 Å². The van der Waals surface area contributed by atoms with Crippen LogP contribution in [0.1, 0.15) is 34.1 Å². The second kappa shape index (κ2) is 9.92. The molecule has 1 aliphatic heterocycles. The fourth-order valence-electron chi connectivity index (χ4n) is 4.30. The molecule has 5 rings (SSSR count). The van der Waals surface area contributed by atoms with Gasteiger partial charge in [-0.2, -0.15) is 0 Å². The highest BCUT2D eigenvalue weighted by atomic mass is 16.5. The Bertz CT molecular complexity index is 1410. The van der Waals surface area contributed by atoms with E-state index in [4.69, 9.17) is 9.15 Å². The van der Waals surface area contributed by atoms with Crippen LogP contribution in [0.5, 0.6) is 5.75 Å². The average Bonchev–Trinajstić information content (AvgIpc) is 3.51. The van der Waals surface area contributed by atoms with Crippen molar-refractivity contribution in [1.29, 1.82) is 0 Å². The molecule has 0 aliphatic carbocycles. The molecule has 1 atom stereocenters. The van der Waals surface area contributed by atoms with Crippen molar-refractivity contribution < 1.29 is 23.8 Å². The maximum absolute atomic E-state index is 13.1. The predicted octanol–water partition coefficient (Wildman–Crippen LogP) is 5.18. The third-order valence-corrected chi connectivity index (χ3v) is 6.07. The molecule has 1 fully saturated rings. The van der Waals surface area contributed by atoms with Crippen LogP contribution < -0.4 is 4.74 Å². The minimum Gasteiger partial charge on any atom is -0.507 e. The van der Waals surface area contributed by atoms with Crippen molar-refractivity contribution in [1.82, 2.24) is 9.88 Å². The van der Waals surface area contributed by atoms with Crippen LogP contribution >= 0.6 is 0 Å². The molecule has 0 spiro atoms. The van der Waals surface area contributed by atoms with Gasteiger partial charge in [-0.1, -0.05) is 29.8 Å². The third-order valence-electron chi connectivity index (χ3n) is 6.07. The zero-order valence-corrected chi connectivity index (χ0v) is 19.6. The van der Waals surface area contributed by atoms with E-state index in [1.165, 1.54) is 11.2 Å². The Morgan fingerprint density at radius 3 is 2.47 bits per heavy atom. The van der Waals surface area contributed by atoms with Crippen molar-refractivity contribution >= 4 is 17.4 Å². The van der Waals surface area contributed by atoms with Gasteiger partial charge in [-0.25, -0.2) is 0 Å². The first-order chi connectivity index (χ1) is 17.5. The Hall–Kier alpha value is -4.65. The zero-order chi connectivity index (χ0) is 25.1. The van der Waals surface area contributed by atoms with Gasteiger partial charge < -0.3 is 19.2 Å². The number of aliphatic hydroxyl groups excluding tert-OH is 1. The highest BCUT2D eigenvalue weighted by Gasteiger charge is 2.47. The van der Waals surface area contributed by atoms with Gasteiger partial charge in [0, 0.05) is 24.5 Å². The topological polar surface area (TPSA) is 92.9 Å². The van der Waals surface area contributed by atoms with E-state index in [1.54, 1.807) is 60.9 Å². The Morgan fingerprint density at radius 1 is 1.00 bits per heavy atom. The predicted molar refractivity (Wildman–Crippen MR) is 133 cm³/mol. The number of benzene rings is 2. The number of nitrogens with zero attached hydrogens (tertiary/aromatic N) is 2. The molecule has 0 saturated carbocycles. The van der Waals surface area contributed by atoms with E-state index in [-0.39, 0.29) is 17.9 Å². The molecule has 7 heteroatoms. The second-order valence-electron chi connectivity index (χ2n) is 8.60. The minimum absolute atomic E-state index is 0.0163. The SMILES string of the molecule is Cc1cccc(COc2ccc(C(O)=C3C(=O)C(=O)N(Cc4ccncc4)[C@H]3c3ccco3)cc2)c1. The lowest BCUT2D eigenvalue weighted by atomic mass is 9.99. The van der Waals surface area contributed by atoms with Crippen molar-refractivity contribution in [2.24, 2.45) is 0 Å². The molecule has 0 unspecified atom stereocenters. The largest absolute Gasteiger partial charge is 0.507 e. The summed E-state index contributed by atoms with van der Waals surface area (Å²) in [4.78, 5) is 31.5. The number of likely N-dealkylation sites (tertiary alicyclic amines) is 1. The minimum atomic E-state index is -0.856. The zero-order valence-electron chi connectivity index (χ0n) is 19.6. The Labute approximate surface area is 208 Å². The molecular weight excluding hydrogens is 456 g/mol. The summed E-state index contributed by atoms with van der Waals surface area (Å²) in [6.45, 7) is 2.60. The van der Waals surface area contributed by atoms with E-state index < -0.39 is 17.7 Å². The van der Waals surface area contributed by atoms with Gasteiger partial charge >= 0.3 is 0 Å². The molecule has 0 radical (unpaired) electrons. The normalized spacial score (nSPS) is 16.9. The smallest absolute Gasteiger partial charge is 0.296 e. The number of aryl methyl sites for hydroxylation is 1. The number of rotatable bonds is 7. The lowest BCUT2D eigenvalue weighted by Gasteiger charge is -2.23. The van der Waals surface area contributed by atoms with Crippen molar-refractivity contribution in [3.63, 3.8) is 0 Å². The highest BCUT2D eigenvalue weighted by Crippen LogP contribution is 2.40. The summed E-state index contributed by atoms with van der Waals surface area (Å²) in [7, 11) is 0. The first-order valence-corrected chi connectivity index (χ1v) is 11.5. The molecule has 1 aliphatic rings. The standard InChI is InChI=1S/C29H24N2O5/c1-19-4-2-5-21(16-19)18-36-23-9-7-22(8-10-23)27(32)25-26(24-6-3-15-35-24)31(29(34)28(25)33)17-20-11-13-30-14-12-20/h2-16,26,32H,17-18H2,1H3/t26-/m0/s1. The van der Waals surface area contributed by atoms with Gasteiger partial charge in [-0.15, -0.1) is 0 Å².